The number of urea groups is 1. The van der Waals surface area contributed by atoms with Gasteiger partial charge >= 0.3 is 6.03 Å². The van der Waals surface area contributed by atoms with Gasteiger partial charge in [-0.1, -0.05) is 12.1 Å². The number of anilines is 2. The molecule has 1 aromatic carbocycles. The molecule has 5 heteroatoms. The Bertz CT molecular complexity index is 583. The monoisotopic (exact) mass is 256 g/mol. The minimum Gasteiger partial charge on any atom is -0.326 e. The second kappa shape index (κ2) is 5.97. The van der Waals surface area contributed by atoms with Crippen molar-refractivity contribution in [2.24, 2.45) is 5.73 Å². The number of carbonyl (C=O) groups excluding carboxylic acids is 1. The van der Waals surface area contributed by atoms with Crippen LogP contribution < -0.4 is 16.4 Å². The summed E-state index contributed by atoms with van der Waals surface area (Å²) in [5.74, 6) is 0. The van der Waals surface area contributed by atoms with Crippen LogP contribution in [0.3, 0.4) is 0 Å². The molecule has 1 heterocycles. The van der Waals surface area contributed by atoms with Gasteiger partial charge in [0.2, 0.25) is 0 Å². The number of rotatable bonds is 3. The molecule has 0 spiro atoms. The Labute approximate surface area is 111 Å². The number of nitrogens with zero attached hydrogens (tertiary/aromatic N) is 1. The standard InChI is InChI=1S/C14H16N4O/c1-10-7-13(5-6-16-10)18-14(19)17-12-4-2-3-11(8-12)9-15/h2-8H,9,15H2,1H3,(H2,16,17,18,19). The molecule has 5 nitrogen and oxygen atoms in total. The van der Waals surface area contributed by atoms with Gasteiger partial charge < -0.3 is 16.4 Å². The normalized spacial score (nSPS) is 10.0. The van der Waals surface area contributed by atoms with E-state index in [1.54, 1.807) is 18.3 Å². The van der Waals surface area contributed by atoms with Crippen molar-refractivity contribution >= 4 is 17.4 Å². The molecule has 0 unspecified atom stereocenters. The van der Waals surface area contributed by atoms with Crippen molar-refractivity contribution in [3.05, 3.63) is 53.9 Å². The summed E-state index contributed by atoms with van der Waals surface area (Å²) >= 11 is 0. The van der Waals surface area contributed by atoms with Crippen LogP contribution in [0.5, 0.6) is 0 Å². The molecule has 1 aromatic heterocycles. The van der Waals surface area contributed by atoms with Crippen LogP contribution in [-0.4, -0.2) is 11.0 Å². The van der Waals surface area contributed by atoms with Gasteiger partial charge in [-0.15, -0.1) is 0 Å². The van der Waals surface area contributed by atoms with E-state index in [4.69, 9.17) is 5.73 Å². The zero-order valence-electron chi connectivity index (χ0n) is 10.7. The topological polar surface area (TPSA) is 80.0 Å². The summed E-state index contributed by atoms with van der Waals surface area (Å²) in [6, 6.07) is 10.7. The SMILES string of the molecule is Cc1cc(NC(=O)Nc2cccc(CN)c2)ccn1. The fraction of sp³-hybridized carbons (Fsp3) is 0.143. The Morgan fingerprint density at radius 3 is 2.63 bits per heavy atom. The third-order valence-electron chi connectivity index (χ3n) is 2.58. The first-order valence-corrected chi connectivity index (χ1v) is 5.97. The van der Waals surface area contributed by atoms with E-state index in [-0.39, 0.29) is 6.03 Å². The van der Waals surface area contributed by atoms with Crippen molar-refractivity contribution in [2.45, 2.75) is 13.5 Å². The number of pyridine rings is 1. The molecule has 98 valence electrons. The van der Waals surface area contributed by atoms with Gasteiger partial charge in [0.05, 0.1) is 0 Å². The van der Waals surface area contributed by atoms with Gasteiger partial charge in [0.15, 0.2) is 0 Å². The minimum atomic E-state index is -0.292. The molecule has 0 aliphatic carbocycles. The fourth-order valence-electron chi connectivity index (χ4n) is 1.69. The van der Waals surface area contributed by atoms with Gasteiger partial charge in [-0.3, -0.25) is 4.98 Å². The molecule has 19 heavy (non-hydrogen) atoms. The van der Waals surface area contributed by atoms with E-state index in [9.17, 15) is 4.79 Å². The van der Waals surface area contributed by atoms with E-state index in [0.29, 0.717) is 17.9 Å². The zero-order valence-corrected chi connectivity index (χ0v) is 10.7. The van der Waals surface area contributed by atoms with Crippen LogP contribution in [0.1, 0.15) is 11.3 Å². The fourth-order valence-corrected chi connectivity index (χ4v) is 1.69. The van der Waals surface area contributed by atoms with Gasteiger partial charge in [0, 0.05) is 29.8 Å². The largest absolute Gasteiger partial charge is 0.326 e. The maximum atomic E-state index is 11.8. The lowest BCUT2D eigenvalue weighted by molar-refractivity contribution is 0.262. The molecular formula is C14H16N4O. The van der Waals surface area contributed by atoms with Gasteiger partial charge in [0.1, 0.15) is 0 Å². The van der Waals surface area contributed by atoms with E-state index >= 15 is 0 Å². The molecule has 2 amide bonds. The highest BCUT2D eigenvalue weighted by Crippen LogP contribution is 2.12. The summed E-state index contributed by atoms with van der Waals surface area (Å²) in [5, 5.41) is 5.51. The predicted octanol–water partition coefficient (Wildman–Crippen LogP) is 2.49. The van der Waals surface area contributed by atoms with E-state index in [1.807, 2.05) is 31.2 Å². The van der Waals surface area contributed by atoms with Crippen LogP contribution in [0, 0.1) is 6.92 Å². The van der Waals surface area contributed by atoms with Crippen molar-refractivity contribution < 1.29 is 4.79 Å². The van der Waals surface area contributed by atoms with Crippen LogP contribution in [-0.2, 0) is 6.54 Å². The quantitative estimate of drug-likeness (QED) is 0.789. The number of carbonyl (C=O) groups is 1. The average molecular weight is 256 g/mol. The van der Waals surface area contributed by atoms with Crippen LogP contribution in [0.25, 0.3) is 0 Å². The predicted molar refractivity (Wildman–Crippen MR) is 75.9 cm³/mol. The van der Waals surface area contributed by atoms with Crippen molar-refractivity contribution in [1.82, 2.24) is 4.98 Å². The lowest BCUT2D eigenvalue weighted by Gasteiger charge is -2.08. The van der Waals surface area contributed by atoms with E-state index < -0.39 is 0 Å². The number of amides is 2. The van der Waals surface area contributed by atoms with Gasteiger partial charge in [-0.25, -0.2) is 4.79 Å². The molecule has 0 fully saturated rings. The molecule has 0 atom stereocenters. The van der Waals surface area contributed by atoms with Crippen LogP contribution in [0.15, 0.2) is 42.6 Å². The molecule has 0 bridgehead atoms. The Morgan fingerprint density at radius 2 is 1.95 bits per heavy atom. The van der Waals surface area contributed by atoms with Crippen molar-refractivity contribution in [3.8, 4) is 0 Å². The summed E-state index contributed by atoms with van der Waals surface area (Å²) in [7, 11) is 0. The zero-order chi connectivity index (χ0) is 13.7. The molecule has 2 aromatic rings. The summed E-state index contributed by atoms with van der Waals surface area (Å²) in [4.78, 5) is 15.9. The van der Waals surface area contributed by atoms with Gasteiger partial charge in [0.25, 0.3) is 0 Å². The Kier molecular flexibility index (Phi) is 4.10. The summed E-state index contributed by atoms with van der Waals surface area (Å²) in [6.45, 7) is 2.31. The minimum absolute atomic E-state index is 0.292. The number of aryl methyl sites for hydroxylation is 1. The molecule has 0 aliphatic rings. The number of hydrogen-bond acceptors (Lipinski definition) is 3. The number of nitrogens with one attached hydrogen (secondary N) is 2. The average Bonchev–Trinajstić information content (AvgIpc) is 2.38. The lowest BCUT2D eigenvalue weighted by Crippen LogP contribution is -2.19. The van der Waals surface area contributed by atoms with E-state index in [0.717, 1.165) is 11.3 Å². The maximum absolute atomic E-state index is 11.8. The smallest absolute Gasteiger partial charge is 0.323 e. The second-order valence-electron chi connectivity index (χ2n) is 4.17. The number of aromatic nitrogens is 1. The summed E-state index contributed by atoms with van der Waals surface area (Å²) < 4.78 is 0. The summed E-state index contributed by atoms with van der Waals surface area (Å²) in [6.07, 6.45) is 1.65. The molecule has 0 radical (unpaired) electrons. The molecule has 0 saturated heterocycles. The Morgan fingerprint density at radius 1 is 1.21 bits per heavy atom. The highest BCUT2D eigenvalue weighted by molar-refractivity contribution is 5.99. The molecule has 0 aliphatic heterocycles. The summed E-state index contributed by atoms with van der Waals surface area (Å²) in [5.41, 5.74) is 8.80. The van der Waals surface area contributed by atoms with Crippen LogP contribution in [0.4, 0.5) is 16.2 Å². The Hall–Kier alpha value is -2.40. The number of nitrogens with two attached hydrogens (primary N) is 1. The highest BCUT2D eigenvalue weighted by Gasteiger charge is 2.03. The number of benzene rings is 1. The van der Waals surface area contributed by atoms with Crippen molar-refractivity contribution in [3.63, 3.8) is 0 Å². The van der Waals surface area contributed by atoms with Gasteiger partial charge in [-0.2, -0.15) is 0 Å². The lowest BCUT2D eigenvalue weighted by atomic mass is 10.2. The molecular weight excluding hydrogens is 240 g/mol. The Balaban J connectivity index is 2.01. The van der Waals surface area contributed by atoms with E-state index in [2.05, 4.69) is 15.6 Å². The van der Waals surface area contributed by atoms with Crippen molar-refractivity contribution in [2.75, 3.05) is 10.6 Å². The van der Waals surface area contributed by atoms with Crippen molar-refractivity contribution in [1.29, 1.82) is 0 Å². The molecule has 0 saturated carbocycles. The second-order valence-corrected chi connectivity index (χ2v) is 4.17. The third kappa shape index (κ3) is 3.79. The molecule has 2 rings (SSSR count). The maximum Gasteiger partial charge on any atom is 0.323 e. The first kappa shape index (κ1) is 13.0. The molecule has 4 N–H and O–H groups in total. The first-order valence-electron chi connectivity index (χ1n) is 5.97. The number of hydrogen-bond donors (Lipinski definition) is 3. The first-order chi connectivity index (χ1) is 9.17. The van der Waals surface area contributed by atoms with Crippen LogP contribution >= 0.6 is 0 Å². The third-order valence-corrected chi connectivity index (χ3v) is 2.58. The van der Waals surface area contributed by atoms with Gasteiger partial charge in [-0.05, 0) is 36.8 Å². The highest BCUT2D eigenvalue weighted by atomic mass is 16.2. The van der Waals surface area contributed by atoms with E-state index in [1.165, 1.54) is 0 Å². The van der Waals surface area contributed by atoms with Crippen LogP contribution in [0.2, 0.25) is 0 Å².